The molecule has 0 spiro atoms. The zero-order valence-corrected chi connectivity index (χ0v) is 13.4. The molecular weight excluding hydrogens is 409 g/mol. The third-order valence-corrected chi connectivity index (χ3v) is 3.69. The van der Waals surface area contributed by atoms with Gasteiger partial charge in [-0.25, -0.2) is 0 Å². The fourth-order valence-corrected chi connectivity index (χ4v) is 2.38. The van der Waals surface area contributed by atoms with E-state index in [1.165, 1.54) is 0 Å². The fourth-order valence-electron chi connectivity index (χ4n) is 1.47. The van der Waals surface area contributed by atoms with E-state index in [4.69, 9.17) is 15.2 Å². The van der Waals surface area contributed by atoms with Crippen LogP contribution in [0.1, 0.15) is 0 Å². The van der Waals surface area contributed by atoms with Crippen molar-refractivity contribution in [2.75, 3.05) is 12.8 Å². The molecule has 0 amide bonds. The summed E-state index contributed by atoms with van der Waals surface area (Å²) >= 11 is 5.62. The number of para-hydroxylation sites is 1. The van der Waals surface area contributed by atoms with E-state index in [-0.39, 0.29) is 0 Å². The first-order chi connectivity index (χ1) is 8.61. The number of anilines is 1. The Bertz CT molecular complexity index is 575. The Morgan fingerprint density at radius 3 is 2.44 bits per heavy atom. The van der Waals surface area contributed by atoms with Crippen LogP contribution in [0.4, 0.5) is 5.69 Å². The predicted molar refractivity (Wildman–Crippen MR) is 84.3 cm³/mol. The van der Waals surface area contributed by atoms with Gasteiger partial charge in [0.05, 0.1) is 10.7 Å². The largest absolute Gasteiger partial charge is 0.494 e. The Morgan fingerprint density at radius 2 is 1.78 bits per heavy atom. The lowest BCUT2D eigenvalue weighted by molar-refractivity contribution is 0.411. The maximum atomic E-state index is 5.99. The van der Waals surface area contributed by atoms with Crippen LogP contribution >= 0.6 is 38.5 Å². The van der Waals surface area contributed by atoms with Crippen LogP contribution in [0.5, 0.6) is 17.2 Å². The zero-order valence-electron chi connectivity index (χ0n) is 9.61. The Morgan fingerprint density at radius 1 is 1.11 bits per heavy atom. The van der Waals surface area contributed by atoms with Crippen molar-refractivity contribution in [1.29, 1.82) is 0 Å². The lowest BCUT2D eigenvalue weighted by atomic mass is 10.2. The minimum Gasteiger partial charge on any atom is -0.494 e. The van der Waals surface area contributed by atoms with Crippen molar-refractivity contribution in [3.63, 3.8) is 0 Å². The summed E-state index contributed by atoms with van der Waals surface area (Å²) in [5, 5.41) is 0. The van der Waals surface area contributed by atoms with E-state index in [2.05, 4.69) is 38.5 Å². The molecule has 0 fully saturated rings. The maximum Gasteiger partial charge on any atom is 0.155 e. The summed E-state index contributed by atoms with van der Waals surface area (Å²) in [6.07, 6.45) is 0. The van der Waals surface area contributed by atoms with Gasteiger partial charge in [0.2, 0.25) is 0 Å². The van der Waals surface area contributed by atoms with E-state index >= 15 is 0 Å². The number of halogens is 2. The Balaban J connectivity index is 2.40. The second-order valence-corrected chi connectivity index (χ2v) is 5.63. The Kier molecular flexibility index (Phi) is 4.34. The van der Waals surface area contributed by atoms with E-state index in [9.17, 15) is 0 Å². The number of methoxy groups -OCH3 is 1. The van der Waals surface area contributed by atoms with E-state index in [0.717, 1.165) is 13.8 Å². The number of hydrogen-bond acceptors (Lipinski definition) is 3. The third-order valence-electron chi connectivity index (χ3n) is 2.35. The van der Waals surface area contributed by atoms with Crippen molar-refractivity contribution in [3.05, 3.63) is 44.4 Å². The molecule has 0 heterocycles. The van der Waals surface area contributed by atoms with Gasteiger partial charge in [0.15, 0.2) is 5.75 Å². The van der Waals surface area contributed by atoms with Crippen molar-refractivity contribution in [1.82, 2.24) is 0 Å². The summed E-state index contributed by atoms with van der Waals surface area (Å²) in [6.45, 7) is 0. The molecule has 0 atom stereocenters. The lowest BCUT2D eigenvalue weighted by Crippen LogP contribution is -1.97. The van der Waals surface area contributed by atoms with Gasteiger partial charge in [-0.2, -0.15) is 0 Å². The lowest BCUT2D eigenvalue weighted by Gasteiger charge is -2.13. The van der Waals surface area contributed by atoms with Crippen LogP contribution in [0, 0.1) is 3.57 Å². The van der Waals surface area contributed by atoms with Crippen LogP contribution in [0.15, 0.2) is 40.9 Å². The standard InChI is InChI=1S/C13H11BrINO2/c1-17-11-6-8(14)7-12(13(11)16)18-10-5-3-2-4-9(10)15/h2-7H,16H2,1H3. The normalized spacial score (nSPS) is 10.2. The molecule has 2 rings (SSSR count). The predicted octanol–water partition coefficient (Wildman–Crippen LogP) is 4.44. The highest BCUT2D eigenvalue weighted by molar-refractivity contribution is 14.1. The molecule has 0 bridgehead atoms. The molecule has 5 heteroatoms. The molecule has 18 heavy (non-hydrogen) atoms. The number of ether oxygens (including phenoxy) is 2. The summed E-state index contributed by atoms with van der Waals surface area (Å²) in [4.78, 5) is 0. The highest BCUT2D eigenvalue weighted by atomic mass is 127. The van der Waals surface area contributed by atoms with Crippen molar-refractivity contribution in [2.24, 2.45) is 0 Å². The van der Waals surface area contributed by atoms with Gasteiger partial charge >= 0.3 is 0 Å². The van der Waals surface area contributed by atoms with Crippen LogP contribution in [-0.2, 0) is 0 Å². The molecule has 2 aromatic carbocycles. The van der Waals surface area contributed by atoms with Crippen molar-refractivity contribution in [3.8, 4) is 17.2 Å². The molecule has 3 nitrogen and oxygen atoms in total. The maximum absolute atomic E-state index is 5.99. The summed E-state index contributed by atoms with van der Waals surface area (Å²) in [5.74, 6) is 1.93. The number of rotatable bonds is 3. The fraction of sp³-hybridized carbons (Fsp3) is 0.0769. The van der Waals surface area contributed by atoms with Gasteiger partial charge in [-0.1, -0.05) is 28.1 Å². The number of benzene rings is 2. The van der Waals surface area contributed by atoms with E-state index < -0.39 is 0 Å². The average molecular weight is 420 g/mol. The van der Waals surface area contributed by atoms with Crippen molar-refractivity contribution < 1.29 is 9.47 Å². The molecule has 2 N–H and O–H groups in total. The first kappa shape index (κ1) is 13.5. The Labute approximate surface area is 128 Å². The summed E-state index contributed by atoms with van der Waals surface area (Å²) in [6, 6.07) is 11.4. The second-order valence-electron chi connectivity index (χ2n) is 3.55. The highest BCUT2D eigenvalue weighted by Gasteiger charge is 2.11. The average Bonchev–Trinajstić information content (AvgIpc) is 2.36. The summed E-state index contributed by atoms with van der Waals surface area (Å²) in [7, 11) is 1.58. The summed E-state index contributed by atoms with van der Waals surface area (Å²) < 4.78 is 12.9. The molecule has 94 valence electrons. The monoisotopic (exact) mass is 419 g/mol. The van der Waals surface area contributed by atoms with E-state index in [1.54, 1.807) is 13.2 Å². The molecular formula is C13H11BrINO2. The van der Waals surface area contributed by atoms with Crippen LogP contribution in [0.25, 0.3) is 0 Å². The molecule has 0 aliphatic heterocycles. The van der Waals surface area contributed by atoms with E-state index in [1.807, 2.05) is 30.3 Å². The zero-order chi connectivity index (χ0) is 13.1. The van der Waals surface area contributed by atoms with E-state index in [0.29, 0.717) is 17.2 Å². The van der Waals surface area contributed by atoms with Gasteiger partial charge in [0.1, 0.15) is 17.2 Å². The minimum atomic E-state index is 0.486. The minimum absolute atomic E-state index is 0.486. The molecule has 0 aromatic heterocycles. The van der Waals surface area contributed by atoms with Crippen LogP contribution in [0.2, 0.25) is 0 Å². The highest BCUT2D eigenvalue weighted by Crippen LogP contribution is 2.38. The molecule has 0 aliphatic rings. The first-order valence-electron chi connectivity index (χ1n) is 5.17. The molecule has 0 unspecified atom stereocenters. The first-order valence-corrected chi connectivity index (χ1v) is 7.04. The van der Waals surface area contributed by atoms with Gasteiger partial charge in [0, 0.05) is 4.47 Å². The smallest absolute Gasteiger partial charge is 0.155 e. The van der Waals surface area contributed by atoms with Crippen LogP contribution < -0.4 is 15.2 Å². The quantitative estimate of drug-likeness (QED) is 0.590. The SMILES string of the molecule is COc1cc(Br)cc(Oc2ccccc2I)c1N. The Hall–Kier alpha value is -0.950. The van der Waals surface area contributed by atoms with Gasteiger partial charge in [-0.15, -0.1) is 0 Å². The second kappa shape index (κ2) is 5.79. The summed E-state index contributed by atoms with van der Waals surface area (Å²) in [5.41, 5.74) is 6.47. The van der Waals surface area contributed by atoms with Crippen molar-refractivity contribution >= 4 is 44.2 Å². The third kappa shape index (κ3) is 2.89. The van der Waals surface area contributed by atoms with Gasteiger partial charge in [-0.05, 0) is 46.9 Å². The molecule has 0 saturated heterocycles. The number of hydrogen-bond donors (Lipinski definition) is 1. The molecule has 0 saturated carbocycles. The molecule has 0 radical (unpaired) electrons. The topological polar surface area (TPSA) is 44.5 Å². The van der Waals surface area contributed by atoms with Crippen LogP contribution in [0.3, 0.4) is 0 Å². The number of nitrogen functional groups attached to an aromatic ring is 1. The van der Waals surface area contributed by atoms with Crippen molar-refractivity contribution in [2.45, 2.75) is 0 Å². The van der Waals surface area contributed by atoms with Gasteiger partial charge in [-0.3, -0.25) is 0 Å². The number of nitrogens with two attached hydrogens (primary N) is 1. The molecule has 2 aromatic rings. The van der Waals surface area contributed by atoms with Gasteiger partial charge < -0.3 is 15.2 Å². The molecule has 0 aliphatic carbocycles. The van der Waals surface area contributed by atoms with Gasteiger partial charge in [0.25, 0.3) is 0 Å². The van der Waals surface area contributed by atoms with Crippen LogP contribution in [-0.4, -0.2) is 7.11 Å².